The highest BCUT2D eigenvalue weighted by molar-refractivity contribution is 7.98. The summed E-state index contributed by atoms with van der Waals surface area (Å²) in [5.41, 5.74) is 17.2. The molecule has 0 fully saturated rings. The summed E-state index contributed by atoms with van der Waals surface area (Å²) in [6.07, 6.45) is 2.99. The first-order valence-electron chi connectivity index (χ1n) is 11.1. The second-order valence-corrected chi connectivity index (χ2v) is 8.75. The number of nitrogens with zero attached hydrogens (tertiary/aromatic N) is 1. The first-order chi connectivity index (χ1) is 16.6. The molecule has 13 heteroatoms. The Kier molecular flexibility index (Phi) is 13.9. The zero-order chi connectivity index (χ0) is 26.2. The highest BCUT2D eigenvalue weighted by atomic mass is 32.2. The molecule has 3 amide bonds. The van der Waals surface area contributed by atoms with Crippen molar-refractivity contribution in [1.29, 1.82) is 0 Å². The average molecular weight is 510 g/mol. The Morgan fingerprint density at radius 2 is 1.71 bits per heavy atom. The summed E-state index contributed by atoms with van der Waals surface area (Å²) < 4.78 is 0. The number of guanidine groups is 1. The van der Waals surface area contributed by atoms with E-state index in [2.05, 4.69) is 20.9 Å². The number of hydrogen-bond donors (Lipinski definition) is 7. The first kappa shape index (κ1) is 29.7. The fraction of sp³-hybridized carbons (Fsp3) is 0.500. The molecule has 1 aromatic carbocycles. The van der Waals surface area contributed by atoms with Gasteiger partial charge in [0.25, 0.3) is 0 Å². The average Bonchev–Trinajstić information content (AvgIpc) is 2.82. The molecule has 35 heavy (non-hydrogen) atoms. The van der Waals surface area contributed by atoms with Crippen LogP contribution in [0.1, 0.15) is 24.8 Å². The van der Waals surface area contributed by atoms with Crippen LogP contribution >= 0.6 is 11.8 Å². The van der Waals surface area contributed by atoms with E-state index in [0.29, 0.717) is 18.6 Å². The lowest BCUT2D eigenvalue weighted by molar-refractivity contribution is -0.142. The molecule has 0 aliphatic heterocycles. The third-order valence-corrected chi connectivity index (χ3v) is 5.53. The standard InChI is InChI=1S/C22H35N7O5S/c1-35-11-9-15(23)19(31)29-17(12-14-6-3-2-4-7-14)20(32)27-13-18(30)28-16(21(33)34)8-5-10-26-22(24)25/h2-4,6-7,15-17H,5,8-13,23H2,1H3,(H,27,32)(H,28,30)(H,29,31)(H,33,34)(H4,24,25,26). The SMILES string of the molecule is CSCCC(N)C(=O)NC(Cc1ccccc1)C(=O)NCC(=O)NC(CCCN=C(N)N)C(=O)O. The molecule has 12 nitrogen and oxygen atoms in total. The maximum atomic E-state index is 12.8. The lowest BCUT2D eigenvalue weighted by Crippen LogP contribution is -2.54. The number of carboxylic acid groups (broad SMARTS) is 1. The van der Waals surface area contributed by atoms with Crippen LogP contribution in [-0.4, -0.2) is 78.0 Å². The van der Waals surface area contributed by atoms with Gasteiger partial charge in [0.15, 0.2) is 5.96 Å². The summed E-state index contributed by atoms with van der Waals surface area (Å²) in [6.45, 7) is -0.241. The van der Waals surface area contributed by atoms with Gasteiger partial charge >= 0.3 is 5.97 Å². The zero-order valence-electron chi connectivity index (χ0n) is 19.7. The number of carboxylic acids is 1. The van der Waals surface area contributed by atoms with Crippen molar-refractivity contribution in [1.82, 2.24) is 16.0 Å². The second kappa shape index (κ2) is 16.3. The van der Waals surface area contributed by atoms with E-state index in [-0.39, 0.29) is 25.3 Å². The molecule has 0 saturated carbocycles. The summed E-state index contributed by atoms with van der Waals surface area (Å²) in [6, 6.07) is 6.17. The highest BCUT2D eigenvalue weighted by Crippen LogP contribution is 2.05. The van der Waals surface area contributed by atoms with Crippen molar-refractivity contribution in [3.05, 3.63) is 35.9 Å². The van der Waals surface area contributed by atoms with Crippen LogP contribution in [0.5, 0.6) is 0 Å². The van der Waals surface area contributed by atoms with Gasteiger partial charge in [-0.1, -0.05) is 30.3 Å². The van der Waals surface area contributed by atoms with Crippen molar-refractivity contribution in [2.24, 2.45) is 22.2 Å². The molecule has 0 aliphatic rings. The smallest absolute Gasteiger partial charge is 0.326 e. The van der Waals surface area contributed by atoms with Gasteiger partial charge in [-0.05, 0) is 36.8 Å². The topological polar surface area (TPSA) is 215 Å². The van der Waals surface area contributed by atoms with Crippen LogP contribution in [0.25, 0.3) is 0 Å². The summed E-state index contributed by atoms with van der Waals surface area (Å²) in [7, 11) is 0. The Bertz CT molecular complexity index is 865. The molecule has 10 N–H and O–H groups in total. The third kappa shape index (κ3) is 12.6. The number of amides is 3. The molecule has 0 bridgehead atoms. The molecule has 0 heterocycles. The summed E-state index contributed by atoms with van der Waals surface area (Å²) in [4.78, 5) is 52.8. The van der Waals surface area contributed by atoms with E-state index < -0.39 is 48.4 Å². The van der Waals surface area contributed by atoms with Crippen molar-refractivity contribution in [3.63, 3.8) is 0 Å². The second-order valence-electron chi connectivity index (χ2n) is 7.76. The molecule has 0 aromatic heterocycles. The van der Waals surface area contributed by atoms with Gasteiger partial charge in [-0.25, -0.2) is 4.79 Å². The Balaban J connectivity index is 2.71. The normalized spacial score (nSPS) is 13.1. The van der Waals surface area contributed by atoms with Gasteiger partial charge in [-0.15, -0.1) is 0 Å². The molecule has 1 aromatic rings. The quantitative estimate of drug-likeness (QED) is 0.0785. The van der Waals surface area contributed by atoms with E-state index in [9.17, 15) is 24.3 Å². The Hall–Kier alpha value is -3.32. The molecule has 1 rings (SSSR count). The Morgan fingerprint density at radius 1 is 1.03 bits per heavy atom. The fourth-order valence-corrected chi connectivity index (χ4v) is 3.50. The van der Waals surface area contributed by atoms with Crippen molar-refractivity contribution >= 4 is 41.4 Å². The first-order valence-corrected chi connectivity index (χ1v) is 12.5. The van der Waals surface area contributed by atoms with E-state index in [1.54, 1.807) is 11.8 Å². The van der Waals surface area contributed by atoms with E-state index in [1.165, 1.54) is 0 Å². The van der Waals surface area contributed by atoms with Gasteiger partial charge < -0.3 is 38.3 Å². The van der Waals surface area contributed by atoms with Crippen molar-refractivity contribution in [2.45, 2.75) is 43.8 Å². The van der Waals surface area contributed by atoms with Crippen LogP contribution in [0.15, 0.2) is 35.3 Å². The molecular weight excluding hydrogens is 474 g/mol. The van der Waals surface area contributed by atoms with E-state index in [4.69, 9.17) is 17.2 Å². The van der Waals surface area contributed by atoms with Gasteiger partial charge in [0.05, 0.1) is 12.6 Å². The van der Waals surface area contributed by atoms with Crippen LogP contribution in [-0.2, 0) is 25.6 Å². The number of hydrogen-bond acceptors (Lipinski definition) is 7. The fourth-order valence-electron chi connectivity index (χ4n) is 3.01. The minimum absolute atomic E-state index is 0.104. The Morgan fingerprint density at radius 3 is 2.31 bits per heavy atom. The van der Waals surface area contributed by atoms with Gasteiger partial charge in [0.2, 0.25) is 17.7 Å². The summed E-state index contributed by atoms with van der Waals surface area (Å²) in [5.74, 6) is -2.37. The molecule has 0 radical (unpaired) electrons. The van der Waals surface area contributed by atoms with Gasteiger partial charge in [0, 0.05) is 13.0 Å². The molecule has 0 spiro atoms. The lowest BCUT2D eigenvalue weighted by atomic mass is 10.0. The number of aliphatic imine (C=N–C) groups is 1. The maximum Gasteiger partial charge on any atom is 0.326 e. The molecule has 3 atom stereocenters. The number of thioether (sulfide) groups is 1. The number of carbonyl (C=O) groups is 4. The van der Waals surface area contributed by atoms with E-state index in [0.717, 1.165) is 5.56 Å². The van der Waals surface area contributed by atoms with Gasteiger partial charge in [-0.3, -0.25) is 19.4 Å². The van der Waals surface area contributed by atoms with Crippen LogP contribution < -0.4 is 33.2 Å². The van der Waals surface area contributed by atoms with Crippen LogP contribution in [0.4, 0.5) is 0 Å². The minimum atomic E-state index is -1.22. The molecular formula is C22H35N7O5S. The lowest BCUT2D eigenvalue weighted by Gasteiger charge is -2.21. The van der Waals surface area contributed by atoms with E-state index in [1.807, 2.05) is 36.6 Å². The van der Waals surface area contributed by atoms with Gasteiger partial charge in [0.1, 0.15) is 12.1 Å². The minimum Gasteiger partial charge on any atom is -0.480 e. The largest absolute Gasteiger partial charge is 0.480 e. The van der Waals surface area contributed by atoms with Crippen molar-refractivity contribution < 1.29 is 24.3 Å². The van der Waals surface area contributed by atoms with Crippen molar-refractivity contribution in [2.75, 3.05) is 25.1 Å². The van der Waals surface area contributed by atoms with Crippen LogP contribution in [0.2, 0.25) is 0 Å². The predicted octanol–water partition coefficient (Wildman–Crippen LogP) is -1.47. The zero-order valence-corrected chi connectivity index (χ0v) is 20.6. The van der Waals surface area contributed by atoms with E-state index >= 15 is 0 Å². The molecule has 194 valence electrons. The number of aliphatic carboxylic acids is 1. The van der Waals surface area contributed by atoms with Crippen molar-refractivity contribution in [3.8, 4) is 0 Å². The van der Waals surface area contributed by atoms with Crippen LogP contribution in [0.3, 0.4) is 0 Å². The number of benzene rings is 1. The number of nitrogens with one attached hydrogen (secondary N) is 3. The maximum absolute atomic E-state index is 12.8. The number of carbonyl (C=O) groups excluding carboxylic acids is 3. The highest BCUT2D eigenvalue weighted by Gasteiger charge is 2.25. The molecule has 0 saturated heterocycles. The van der Waals surface area contributed by atoms with Gasteiger partial charge in [-0.2, -0.15) is 11.8 Å². The molecule has 3 unspecified atom stereocenters. The Labute approximate surface area is 208 Å². The van der Waals surface area contributed by atoms with Crippen LogP contribution in [0, 0.1) is 0 Å². The summed E-state index contributed by atoms with van der Waals surface area (Å²) in [5, 5.41) is 16.8. The summed E-state index contributed by atoms with van der Waals surface area (Å²) >= 11 is 1.56. The monoisotopic (exact) mass is 509 g/mol. The molecule has 0 aliphatic carbocycles. The number of nitrogens with two attached hydrogens (primary N) is 3. The third-order valence-electron chi connectivity index (χ3n) is 4.89. The number of rotatable bonds is 16. The predicted molar refractivity (Wildman–Crippen MR) is 136 cm³/mol.